The van der Waals surface area contributed by atoms with Crippen LogP contribution in [0, 0.1) is 10.1 Å². The number of benzene rings is 2. The van der Waals surface area contributed by atoms with E-state index in [9.17, 15) is 29.3 Å². The molecule has 10 heteroatoms. The maximum Gasteiger partial charge on any atom is 0.308 e. The third-order valence-corrected chi connectivity index (χ3v) is 4.45. The van der Waals surface area contributed by atoms with E-state index in [1.807, 2.05) is 0 Å². The number of hydrogen-bond donors (Lipinski definition) is 1. The van der Waals surface area contributed by atoms with Crippen molar-refractivity contribution in [3.63, 3.8) is 0 Å². The predicted molar refractivity (Wildman–Crippen MR) is 104 cm³/mol. The van der Waals surface area contributed by atoms with E-state index in [1.54, 1.807) is 12.1 Å². The minimum Gasteiger partial charge on any atom is -0.452 e. The summed E-state index contributed by atoms with van der Waals surface area (Å²) in [5, 5.41) is 13.3. The van der Waals surface area contributed by atoms with Gasteiger partial charge in [0.15, 0.2) is 6.10 Å². The van der Waals surface area contributed by atoms with Crippen LogP contribution in [0.25, 0.3) is 0 Å². The van der Waals surface area contributed by atoms with Crippen molar-refractivity contribution in [2.75, 3.05) is 11.9 Å². The highest BCUT2D eigenvalue weighted by Gasteiger charge is 2.35. The first-order valence-electron chi connectivity index (χ1n) is 8.98. The molecular formula is C20H17N3O7. The van der Waals surface area contributed by atoms with Crippen LogP contribution in [0.15, 0.2) is 48.5 Å². The lowest BCUT2D eigenvalue weighted by Gasteiger charge is -2.16. The summed E-state index contributed by atoms with van der Waals surface area (Å²) in [5.74, 6) is -2.54. The van der Waals surface area contributed by atoms with Gasteiger partial charge in [0.05, 0.1) is 22.5 Å². The van der Waals surface area contributed by atoms with Crippen molar-refractivity contribution in [2.24, 2.45) is 0 Å². The Bertz CT molecular complexity index is 1020. The maximum atomic E-state index is 12.3. The summed E-state index contributed by atoms with van der Waals surface area (Å²) < 4.78 is 5.02. The fraction of sp³-hybridized carbons (Fsp3) is 0.200. The van der Waals surface area contributed by atoms with Gasteiger partial charge in [-0.05, 0) is 25.1 Å². The number of nitro benzene ring substituents is 1. The standard InChI is InChI=1S/C20H17N3O7/c1-12(18(25)21-15-8-4-5-9-16(15)23(28)29)30-17(24)10-11-22-19(26)13-6-2-3-7-14(13)20(22)27/h2-9,12H,10-11H2,1H3,(H,21,25). The Labute approximate surface area is 170 Å². The molecule has 1 aliphatic rings. The van der Waals surface area contributed by atoms with E-state index in [0.29, 0.717) is 0 Å². The molecule has 1 heterocycles. The molecule has 0 saturated heterocycles. The van der Waals surface area contributed by atoms with Gasteiger partial charge in [0, 0.05) is 12.6 Å². The van der Waals surface area contributed by atoms with Gasteiger partial charge in [0.1, 0.15) is 5.69 Å². The summed E-state index contributed by atoms with van der Waals surface area (Å²) in [6.07, 6.45) is -1.53. The van der Waals surface area contributed by atoms with Crippen LogP contribution in [0.5, 0.6) is 0 Å². The van der Waals surface area contributed by atoms with E-state index < -0.39 is 34.7 Å². The second kappa shape index (κ2) is 8.52. The van der Waals surface area contributed by atoms with E-state index in [1.165, 1.54) is 43.3 Å². The smallest absolute Gasteiger partial charge is 0.308 e. The summed E-state index contributed by atoms with van der Waals surface area (Å²) in [4.78, 5) is 60.1. The molecule has 2 aromatic rings. The van der Waals surface area contributed by atoms with Crippen LogP contribution in [0.2, 0.25) is 0 Å². The third kappa shape index (κ3) is 4.17. The fourth-order valence-electron chi connectivity index (χ4n) is 2.93. The van der Waals surface area contributed by atoms with Gasteiger partial charge in [-0.15, -0.1) is 0 Å². The largest absolute Gasteiger partial charge is 0.452 e. The Morgan fingerprint density at radius 2 is 1.63 bits per heavy atom. The molecule has 3 amide bonds. The molecular weight excluding hydrogens is 394 g/mol. The number of esters is 1. The number of nitrogens with zero attached hydrogens (tertiary/aromatic N) is 2. The summed E-state index contributed by atoms with van der Waals surface area (Å²) in [6, 6.07) is 11.9. The van der Waals surface area contributed by atoms with Gasteiger partial charge in [0.2, 0.25) is 0 Å². The number of imide groups is 1. The molecule has 0 aromatic heterocycles. The van der Waals surface area contributed by atoms with E-state index >= 15 is 0 Å². The Morgan fingerprint density at radius 1 is 1.07 bits per heavy atom. The van der Waals surface area contributed by atoms with E-state index in [2.05, 4.69) is 5.32 Å². The van der Waals surface area contributed by atoms with Crippen LogP contribution < -0.4 is 5.32 Å². The van der Waals surface area contributed by atoms with E-state index in [4.69, 9.17) is 4.74 Å². The second-order valence-electron chi connectivity index (χ2n) is 6.45. The highest BCUT2D eigenvalue weighted by atomic mass is 16.6. The molecule has 0 fully saturated rings. The van der Waals surface area contributed by atoms with Gasteiger partial charge < -0.3 is 10.1 Å². The molecule has 1 N–H and O–H groups in total. The topological polar surface area (TPSA) is 136 Å². The average Bonchev–Trinajstić information content (AvgIpc) is 2.97. The number of ether oxygens (including phenoxy) is 1. The maximum absolute atomic E-state index is 12.3. The van der Waals surface area contributed by atoms with Crippen LogP contribution in [-0.4, -0.2) is 46.2 Å². The molecule has 0 saturated carbocycles. The number of hydrogen-bond acceptors (Lipinski definition) is 7. The first kappa shape index (κ1) is 20.6. The van der Waals surface area contributed by atoms with Gasteiger partial charge >= 0.3 is 5.97 Å². The number of nitro groups is 1. The number of fused-ring (bicyclic) bond motifs is 1. The predicted octanol–water partition coefficient (Wildman–Crippen LogP) is 2.15. The summed E-state index contributed by atoms with van der Waals surface area (Å²) in [6.45, 7) is 1.12. The molecule has 0 bridgehead atoms. The number of carbonyl (C=O) groups is 4. The molecule has 1 atom stereocenters. The summed E-state index contributed by atoms with van der Waals surface area (Å²) in [5.41, 5.74) is 0.220. The Morgan fingerprint density at radius 3 is 2.23 bits per heavy atom. The molecule has 2 aromatic carbocycles. The SMILES string of the molecule is CC(OC(=O)CCN1C(=O)c2ccccc2C1=O)C(=O)Nc1ccccc1[N+](=O)[O-]. The number of para-hydroxylation sites is 2. The van der Waals surface area contributed by atoms with Crippen LogP contribution in [0.1, 0.15) is 34.1 Å². The van der Waals surface area contributed by atoms with Crippen LogP contribution >= 0.6 is 0 Å². The normalized spacial score (nSPS) is 13.6. The molecule has 30 heavy (non-hydrogen) atoms. The zero-order valence-electron chi connectivity index (χ0n) is 15.9. The number of carbonyl (C=O) groups excluding carboxylic acids is 4. The lowest BCUT2D eigenvalue weighted by atomic mass is 10.1. The summed E-state index contributed by atoms with van der Waals surface area (Å²) in [7, 11) is 0. The Hall–Kier alpha value is -4.08. The van der Waals surface area contributed by atoms with Crippen molar-refractivity contribution in [2.45, 2.75) is 19.4 Å². The summed E-state index contributed by atoms with van der Waals surface area (Å²) >= 11 is 0. The molecule has 0 radical (unpaired) electrons. The Kier molecular flexibility index (Phi) is 5.86. The fourth-order valence-corrected chi connectivity index (χ4v) is 2.93. The molecule has 0 spiro atoms. The molecule has 0 aliphatic carbocycles. The van der Waals surface area contributed by atoms with Crippen LogP contribution in [0.3, 0.4) is 0 Å². The van der Waals surface area contributed by atoms with Crippen molar-refractivity contribution in [1.82, 2.24) is 4.90 Å². The minimum absolute atomic E-state index is 0.0265. The highest BCUT2D eigenvalue weighted by Crippen LogP contribution is 2.24. The number of nitrogens with one attached hydrogen (secondary N) is 1. The van der Waals surface area contributed by atoms with Gasteiger partial charge in [-0.3, -0.25) is 34.2 Å². The number of amides is 3. The molecule has 154 valence electrons. The minimum atomic E-state index is -1.24. The van der Waals surface area contributed by atoms with Gasteiger partial charge in [-0.25, -0.2) is 0 Å². The van der Waals surface area contributed by atoms with Crippen molar-refractivity contribution in [3.05, 3.63) is 69.8 Å². The molecule has 1 unspecified atom stereocenters. The average molecular weight is 411 g/mol. The van der Waals surface area contributed by atoms with Gasteiger partial charge in [0.25, 0.3) is 23.4 Å². The zero-order chi connectivity index (χ0) is 21.8. The third-order valence-electron chi connectivity index (χ3n) is 4.45. The monoisotopic (exact) mass is 411 g/mol. The Balaban J connectivity index is 1.54. The molecule has 10 nitrogen and oxygen atoms in total. The lowest BCUT2D eigenvalue weighted by Crippen LogP contribution is -2.34. The van der Waals surface area contributed by atoms with E-state index in [-0.39, 0.29) is 35.5 Å². The second-order valence-corrected chi connectivity index (χ2v) is 6.45. The number of anilines is 1. The van der Waals surface area contributed by atoms with Crippen molar-refractivity contribution in [1.29, 1.82) is 0 Å². The van der Waals surface area contributed by atoms with E-state index in [0.717, 1.165) is 4.90 Å². The van der Waals surface area contributed by atoms with Gasteiger partial charge in [-0.1, -0.05) is 24.3 Å². The first-order valence-corrected chi connectivity index (χ1v) is 8.98. The van der Waals surface area contributed by atoms with Crippen molar-refractivity contribution >= 4 is 35.1 Å². The first-order chi connectivity index (χ1) is 14.3. The molecule has 3 rings (SSSR count). The number of rotatable bonds is 7. The quantitative estimate of drug-likeness (QED) is 0.319. The van der Waals surface area contributed by atoms with Crippen LogP contribution in [0.4, 0.5) is 11.4 Å². The van der Waals surface area contributed by atoms with Crippen LogP contribution in [-0.2, 0) is 14.3 Å². The lowest BCUT2D eigenvalue weighted by molar-refractivity contribution is -0.383. The van der Waals surface area contributed by atoms with Gasteiger partial charge in [-0.2, -0.15) is 0 Å². The van der Waals surface area contributed by atoms with Crippen molar-refractivity contribution < 1.29 is 28.8 Å². The van der Waals surface area contributed by atoms with Crippen molar-refractivity contribution in [3.8, 4) is 0 Å². The molecule has 1 aliphatic heterocycles. The zero-order valence-corrected chi connectivity index (χ0v) is 15.9. The highest BCUT2D eigenvalue weighted by molar-refractivity contribution is 6.21.